The summed E-state index contributed by atoms with van der Waals surface area (Å²) in [5.74, 6) is -0.223. The van der Waals surface area contributed by atoms with Gasteiger partial charge in [-0.05, 0) is 53.9 Å². The Morgan fingerprint density at radius 3 is 2.31 bits per heavy atom. The van der Waals surface area contributed by atoms with Crippen molar-refractivity contribution < 1.29 is 9.50 Å². The highest BCUT2D eigenvalue weighted by atomic mass is 35.5. The molecule has 0 unspecified atom stereocenters. The highest BCUT2D eigenvalue weighted by Crippen LogP contribution is 2.28. The molecule has 2 aromatic rings. The number of aryl methyl sites for hydroxylation is 1. The Morgan fingerprint density at radius 2 is 1.69 bits per heavy atom. The largest absolute Gasteiger partial charge is 0.508 e. The third-order valence-corrected chi connectivity index (χ3v) is 2.48. The fourth-order valence-corrected chi connectivity index (χ4v) is 1.87. The molecule has 1 nitrogen and oxygen atoms in total. The van der Waals surface area contributed by atoms with E-state index in [1.54, 1.807) is 18.2 Å². The van der Waals surface area contributed by atoms with Crippen molar-refractivity contribution in [2.75, 3.05) is 0 Å². The summed E-state index contributed by atoms with van der Waals surface area (Å²) in [6.07, 6.45) is 0. The van der Waals surface area contributed by atoms with Crippen molar-refractivity contribution >= 4 is 11.6 Å². The molecule has 0 atom stereocenters. The molecule has 0 bridgehead atoms. The number of hydrogen-bond donors (Lipinski definition) is 1. The van der Waals surface area contributed by atoms with Crippen LogP contribution < -0.4 is 0 Å². The molecule has 2 aromatic carbocycles. The molecule has 2 rings (SSSR count). The predicted octanol–water partition coefficient (Wildman–Crippen LogP) is 4.16. The Kier molecular flexibility index (Phi) is 2.84. The summed E-state index contributed by atoms with van der Waals surface area (Å²) < 4.78 is 13.2. The molecule has 3 heteroatoms. The molecule has 0 aliphatic heterocycles. The lowest BCUT2D eigenvalue weighted by molar-refractivity contribution is 0.475. The number of hydrogen-bond acceptors (Lipinski definition) is 1. The Labute approximate surface area is 98.1 Å². The van der Waals surface area contributed by atoms with Gasteiger partial charge < -0.3 is 5.11 Å². The van der Waals surface area contributed by atoms with Gasteiger partial charge in [0.2, 0.25) is 0 Å². The first-order valence-electron chi connectivity index (χ1n) is 4.82. The van der Waals surface area contributed by atoms with E-state index in [0.717, 1.165) is 11.1 Å². The van der Waals surface area contributed by atoms with Crippen molar-refractivity contribution in [1.29, 1.82) is 0 Å². The minimum absolute atomic E-state index is 0.162. The number of aromatic hydroxyl groups is 1. The lowest BCUT2D eigenvalue weighted by Gasteiger charge is -2.05. The Bertz CT molecular complexity index is 447. The first kappa shape index (κ1) is 11.0. The normalized spacial score (nSPS) is 10.4. The maximum absolute atomic E-state index is 13.2. The van der Waals surface area contributed by atoms with Crippen LogP contribution in [0.4, 0.5) is 4.39 Å². The molecule has 0 saturated carbocycles. The van der Waals surface area contributed by atoms with Crippen LogP contribution in [0.25, 0.3) is 11.1 Å². The maximum Gasteiger partial charge on any atom is 0.125 e. The minimum Gasteiger partial charge on any atom is -0.508 e. The van der Waals surface area contributed by atoms with Crippen LogP contribution in [-0.4, -0.2) is 5.11 Å². The van der Waals surface area contributed by atoms with Crippen LogP contribution >= 0.6 is 11.6 Å². The molecule has 0 spiro atoms. The summed E-state index contributed by atoms with van der Waals surface area (Å²) in [5.41, 5.74) is 2.32. The molecule has 0 aliphatic carbocycles. The number of benzene rings is 2. The number of phenolic OH excluding ortho intramolecular Hbond substituents is 1. The predicted molar refractivity (Wildman–Crippen MR) is 63.2 cm³/mol. The van der Waals surface area contributed by atoms with Crippen molar-refractivity contribution in [3.05, 3.63) is 52.8 Å². The summed E-state index contributed by atoms with van der Waals surface area (Å²) in [5, 5.41) is 9.81. The topological polar surface area (TPSA) is 20.2 Å². The quantitative estimate of drug-likeness (QED) is 0.788. The summed E-state index contributed by atoms with van der Waals surface area (Å²) >= 11 is 5.78. The highest BCUT2D eigenvalue weighted by molar-refractivity contribution is 6.30. The van der Waals surface area contributed by atoms with Crippen LogP contribution in [0.5, 0.6) is 5.75 Å². The van der Waals surface area contributed by atoms with Crippen molar-refractivity contribution in [2.24, 2.45) is 0 Å². The summed E-state index contributed by atoms with van der Waals surface area (Å²) in [6.45, 7) is 1.87. The van der Waals surface area contributed by atoms with E-state index in [1.807, 2.05) is 13.0 Å². The molecule has 1 N–H and O–H groups in total. The van der Waals surface area contributed by atoms with Gasteiger partial charge in [-0.25, -0.2) is 4.39 Å². The molecular weight excluding hydrogens is 227 g/mol. The van der Waals surface area contributed by atoms with Crippen LogP contribution in [0.1, 0.15) is 5.56 Å². The lowest BCUT2D eigenvalue weighted by Crippen LogP contribution is -1.83. The summed E-state index contributed by atoms with van der Waals surface area (Å²) in [4.78, 5) is 0. The highest BCUT2D eigenvalue weighted by Gasteiger charge is 2.04. The second-order valence-electron chi connectivity index (χ2n) is 3.72. The molecule has 0 aromatic heterocycles. The van der Waals surface area contributed by atoms with Crippen molar-refractivity contribution in [1.82, 2.24) is 0 Å². The van der Waals surface area contributed by atoms with E-state index < -0.39 is 0 Å². The molecule has 0 amide bonds. The van der Waals surface area contributed by atoms with Gasteiger partial charge in [0, 0.05) is 5.02 Å². The maximum atomic E-state index is 13.2. The average Bonchev–Trinajstić information content (AvgIpc) is 2.14. The number of phenols is 1. The van der Waals surface area contributed by atoms with Gasteiger partial charge in [0.05, 0.1) is 0 Å². The fourth-order valence-electron chi connectivity index (χ4n) is 1.65. The van der Waals surface area contributed by atoms with Crippen molar-refractivity contribution in [3.63, 3.8) is 0 Å². The van der Waals surface area contributed by atoms with Gasteiger partial charge in [0.25, 0.3) is 0 Å². The van der Waals surface area contributed by atoms with Crippen molar-refractivity contribution in [3.8, 4) is 16.9 Å². The molecule has 0 radical (unpaired) electrons. The smallest absolute Gasteiger partial charge is 0.125 e. The Hall–Kier alpha value is -1.54. The lowest BCUT2D eigenvalue weighted by atomic mass is 10.0. The third kappa shape index (κ3) is 2.34. The van der Waals surface area contributed by atoms with Gasteiger partial charge >= 0.3 is 0 Å². The van der Waals surface area contributed by atoms with Crippen LogP contribution in [0, 0.1) is 12.7 Å². The monoisotopic (exact) mass is 236 g/mol. The van der Waals surface area contributed by atoms with E-state index >= 15 is 0 Å². The molecule has 82 valence electrons. The second kappa shape index (κ2) is 4.14. The van der Waals surface area contributed by atoms with Gasteiger partial charge in [-0.3, -0.25) is 0 Å². The Balaban J connectivity index is 2.57. The number of rotatable bonds is 1. The van der Waals surface area contributed by atoms with Crippen LogP contribution in [-0.2, 0) is 0 Å². The first-order valence-corrected chi connectivity index (χ1v) is 5.19. The summed E-state index contributed by atoms with van der Waals surface area (Å²) in [6, 6.07) is 9.40. The SMILES string of the molecule is Cc1cc(O)cc(-c2cc(F)cc(Cl)c2)c1. The zero-order valence-corrected chi connectivity index (χ0v) is 9.42. The molecule has 16 heavy (non-hydrogen) atoms. The van der Waals surface area contributed by atoms with E-state index in [4.69, 9.17) is 11.6 Å². The van der Waals surface area contributed by atoms with Gasteiger partial charge in [-0.2, -0.15) is 0 Å². The van der Waals surface area contributed by atoms with E-state index in [1.165, 1.54) is 12.1 Å². The summed E-state index contributed by atoms with van der Waals surface area (Å²) in [7, 11) is 0. The van der Waals surface area contributed by atoms with Crippen LogP contribution in [0.3, 0.4) is 0 Å². The second-order valence-corrected chi connectivity index (χ2v) is 4.15. The molecular formula is C13H10ClFO. The van der Waals surface area contributed by atoms with Gasteiger partial charge in [-0.1, -0.05) is 17.7 Å². The zero-order valence-electron chi connectivity index (χ0n) is 8.67. The standard InChI is InChI=1S/C13H10ClFO/c1-8-2-9(6-13(16)3-8)10-4-11(14)7-12(15)5-10/h2-7,16H,1H3. The van der Waals surface area contributed by atoms with Gasteiger partial charge in [0.15, 0.2) is 0 Å². The molecule has 0 aliphatic rings. The zero-order chi connectivity index (χ0) is 11.7. The number of halogens is 2. The van der Waals surface area contributed by atoms with E-state index in [9.17, 15) is 9.50 Å². The fraction of sp³-hybridized carbons (Fsp3) is 0.0769. The average molecular weight is 237 g/mol. The van der Waals surface area contributed by atoms with Crippen LogP contribution in [0.15, 0.2) is 36.4 Å². The molecule has 0 saturated heterocycles. The van der Waals surface area contributed by atoms with E-state index in [-0.39, 0.29) is 11.6 Å². The Morgan fingerprint density at radius 1 is 1.00 bits per heavy atom. The third-order valence-electron chi connectivity index (χ3n) is 2.26. The van der Waals surface area contributed by atoms with Gasteiger partial charge in [-0.15, -0.1) is 0 Å². The van der Waals surface area contributed by atoms with E-state index in [2.05, 4.69) is 0 Å². The van der Waals surface area contributed by atoms with Crippen LogP contribution in [0.2, 0.25) is 5.02 Å². The first-order chi connectivity index (χ1) is 7.54. The minimum atomic E-state index is -0.386. The van der Waals surface area contributed by atoms with E-state index in [0.29, 0.717) is 10.6 Å². The van der Waals surface area contributed by atoms with Gasteiger partial charge in [0.1, 0.15) is 11.6 Å². The van der Waals surface area contributed by atoms with Crippen molar-refractivity contribution in [2.45, 2.75) is 6.92 Å². The molecule has 0 heterocycles. The molecule has 0 fully saturated rings.